The van der Waals surface area contributed by atoms with Gasteiger partial charge in [-0.25, -0.2) is 14.6 Å². The first-order valence-electron chi connectivity index (χ1n) is 6.78. The second kappa shape index (κ2) is 4.73. The lowest BCUT2D eigenvalue weighted by molar-refractivity contribution is 0.0701. The Balaban J connectivity index is 1.79. The molecular formula is C13H17N3O3S. The lowest BCUT2D eigenvalue weighted by Crippen LogP contribution is -2.38. The van der Waals surface area contributed by atoms with E-state index in [1.54, 1.807) is 11.8 Å². The number of rotatable bonds is 4. The smallest absolute Gasteiger partial charge is 0.347 e. The molecule has 1 saturated heterocycles. The Bertz CT molecular complexity index is 567. The Labute approximate surface area is 121 Å². The largest absolute Gasteiger partial charge is 0.477 e. The topological polar surface area (TPSA) is 73.7 Å². The number of aromatic carboxylic acids is 1. The Morgan fingerprint density at radius 2 is 2.15 bits per heavy atom. The average Bonchev–Trinajstić information content (AvgIpc) is 3.07. The summed E-state index contributed by atoms with van der Waals surface area (Å²) in [6, 6.07) is 0.225. The van der Waals surface area contributed by atoms with Crippen LogP contribution in [0, 0.1) is 12.8 Å². The van der Waals surface area contributed by atoms with Gasteiger partial charge in [-0.1, -0.05) is 11.3 Å². The summed E-state index contributed by atoms with van der Waals surface area (Å²) >= 11 is 1.07. The van der Waals surface area contributed by atoms with Crippen LogP contribution in [0.15, 0.2) is 0 Å². The third kappa shape index (κ3) is 2.15. The maximum absolute atomic E-state index is 12.4. The summed E-state index contributed by atoms with van der Waals surface area (Å²) in [5.41, 5.74) is 0.471. The molecule has 1 aromatic heterocycles. The summed E-state index contributed by atoms with van der Waals surface area (Å²) in [4.78, 5) is 31.4. The van der Waals surface area contributed by atoms with Gasteiger partial charge < -0.3 is 10.0 Å². The van der Waals surface area contributed by atoms with Gasteiger partial charge in [-0.05, 0) is 32.6 Å². The van der Waals surface area contributed by atoms with Crippen LogP contribution in [0.1, 0.15) is 35.1 Å². The molecule has 20 heavy (non-hydrogen) atoms. The predicted octanol–water partition coefficient (Wildman–Crippen LogP) is 2.19. The van der Waals surface area contributed by atoms with Crippen LogP contribution in [0.3, 0.4) is 0 Å². The van der Waals surface area contributed by atoms with Gasteiger partial charge in [0.05, 0.1) is 5.69 Å². The number of thiazole rings is 1. The van der Waals surface area contributed by atoms with Gasteiger partial charge in [-0.3, -0.25) is 4.90 Å². The molecule has 1 aromatic rings. The van der Waals surface area contributed by atoms with Crippen molar-refractivity contribution in [2.45, 2.75) is 32.7 Å². The van der Waals surface area contributed by atoms with E-state index in [2.05, 4.69) is 11.9 Å². The molecule has 0 spiro atoms. The molecular weight excluding hydrogens is 278 g/mol. The molecule has 2 aliphatic rings. The first-order valence-corrected chi connectivity index (χ1v) is 7.59. The number of anilines is 1. The maximum atomic E-state index is 12.4. The van der Waals surface area contributed by atoms with Gasteiger partial charge >= 0.3 is 12.0 Å². The van der Waals surface area contributed by atoms with E-state index in [1.807, 2.05) is 4.90 Å². The van der Waals surface area contributed by atoms with Gasteiger partial charge in [-0.15, -0.1) is 0 Å². The van der Waals surface area contributed by atoms with E-state index < -0.39 is 5.97 Å². The molecule has 1 unspecified atom stereocenters. The van der Waals surface area contributed by atoms with E-state index in [0.29, 0.717) is 29.8 Å². The number of urea groups is 1. The van der Waals surface area contributed by atoms with Crippen molar-refractivity contribution in [3.05, 3.63) is 10.6 Å². The number of hydrogen-bond acceptors (Lipinski definition) is 4. The van der Waals surface area contributed by atoms with Crippen molar-refractivity contribution in [3.8, 4) is 0 Å². The summed E-state index contributed by atoms with van der Waals surface area (Å²) in [6.07, 6.45) is 2.40. The lowest BCUT2D eigenvalue weighted by atomic mass is 10.2. The normalized spacial score (nSPS) is 20.6. The maximum Gasteiger partial charge on any atom is 0.347 e. The van der Waals surface area contributed by atoms with E-state index in [9.17, 15) is 9.59 Å². The third-order valence-corrected chi connectivity index (χ3v) is 5.22. The molecule has 2 fully saturated rings. The first-order chi connectivity index (χ1) is 9.49. The second-order valence-electron chi connectivity index (χ2n) is 5.42. The number of carbonyl (C=O) groups excluding carboxylic acids is 1. The summed E-state index contributed by atoms with van der Waals surface area (Å²) in [6.45, 7) is 5.03. The molecule has 7 heteroatoms. The van der Waals surface area contributed by atoms with Gasteiger partial charge in [0, 0.05) is 19.1 Å². The van der Waals surface area contributed by atoms with Crippen molar-refractivity contribution in [1.29, 1.82) is 0 Å². The number of aryl methyl sites for hydroxylation is 1. The van der Waals surface area contributed by atoms with Crippen molar-refractivity contribution in [2.24, 2.45) is 5.92 Å². The third-order valence-electron chi connectivity index (χ3n) is 4.05. The quantitative estimate of drug-likeness (QED) is 0.924. The van der Waals surface area contributed by atoms with E-state index in [1.165, 1.54) is 12.8 Å². The van der Waals surface area contributed by atoms with Gasteiger partial charge in [-0.2, -0.15) is 0 Å². The monoisotopic (exact) mass is 295 g/mol. The highest BCUT2D eigenvalue weighted by atomic mass is 32.1. The van der Waals surface area contributed by atoms with Crippen molar-refractivity contribution in [2.75, 3.05) is 18.0 Å². The SMILES string of the molecule is Cc1nc(N2CCN(C(C)C3CC3)C2=O)sc1C(=O)O. The lowest BCUT2D eigenvalue weighted by Gasteiger charge is -2.23. The van der Waals surface area contributed by atoms with E-state index in [4.69, 9.17) is 5.11 Å². The molecule has 1 aliphatic heterocycles. The highest BCUT2D eigenvalue weighted by Gasteiger charge is 2.40. The number of hydrogen-bond donors (Lipinski definition) is 1. The number of carboxylic acid groups (broad SMARTS) is 1. The van der Waals surface area contributed by atoms with Crippen molar-refractivity contribution in [3.63, 3.8) is 0 Å². The highest BCUT2D eigenvalue weighted by Crippen LogP contribution is 2.37. The van der Waals surface area contributed by atoms with Crippen LogP contribution in [0.25, 0.3) is 0 Å². The van der Waals surface area contributed by atoms with E-state index in [0.717, 1.165) is 11.3 Å². The molecule has 1 saturated carbocycles. The van der Waals surface area contributed by atoms with Crippen LogP contribution in [0.4, 0.5) is 9.93 Å². The molecule has 1 N–H and O–H groups in total. The van der Waals surface area contributed by atoms with Crippen LogP contribution in [0.5, 0.6) is 0 Å². The fourth-order valence-corrected chi connectivity index (χ4v) is 3.56. The second-order valence-corrected chi connectivity index (χ2v) is 6.40. The van der Waals surface area contributed by atoms with Crippen molar-refractivity contribution < 1.29 is 14.7 Å². The van der Waals surface area contributed by atoms with E-state index in [-0.39, 0.29) is 17.0 Å². The number of aromatic nitrogens is 1. The molecule has 2 heterocycles. The highest BCUT2D eigenvalue weighted by molar-refractivity contribution is 7.17. The van der Waals surface area contributed by atoms with Crippen LogP contribution >= 0.6 is 11.3 Å². The molecule has 1 aliphatic carbocycles. The Morgan fingerprint density at radius 1 is 1.45 bits per heavy atom. The minimum Gasteiger partial charge on any atom is -0.477 e. The van der Waals surface area contributed by atoms with Crippen LogP contribution in [-0.4, -0.2) is 46.1 Å². The Kier molecular flexibility index (Phi) is 3.16. The van der Waals surface area contributed by atoms with Crippen LogP contribution in [0.2, 0.25) is 0 Å². The molecule has 0 aromatic carbocycles. The van der Waals surface area contributed by atoms with Crippen LogP contribution < -0.4 is 4.90 Å². The molecule has 0 bridgehead atoms. The van der Waals surface area contributed by atoms with Gasteiger partial charge in [0.15, 0.2) is 5.13 Å². The summed E-state index contributed by atoms with van der Waals surface area (Å²) in [7, 11) is 0. The number of amides is 2. The van der Waals surface area contributed by atoms with Gasteiger partial charge in [0.25, 0.3) is 0 Å². The number of carboxylic acids is 1. The Morgan fingerprint density at radius 3 is 2.70 bits per heavy atom. The van der Waals surface area contributed by atoms with E-state index >= 15 is 0 Å². The van der Waals surface area contributed by atoms with Crippen molar-refractivity contribution in [1.82, 2.24) is 9.88 Å². The first kappa shape index (κ1) is 13.4. The summed E-state index contributed by atoms with van der Waals surface area (Å²) in [5, 5.41) is 9.56. The summed E-state index contributed by atoms with van der Waals surface area (Å²) in [5.74, 6) is -0.354. The van der Waals surface area contributed by atoms with Gasteiger partial charge in [0.2, 0.25) is 0 Å². The van der Waals surface area contributed by atoms with Crippen LogP contribution in [-0.2, 0) is 0 Å². The minimum absolute atomic E-state index is 0.0462. The molecule has 1 atom stereocenters. The Hall–Kier alpha value is -1.63. The number of nitrogens with zero attached hydrogens (tertiary/aromatic N) is 3. The minimum atomic E-state index is -0.985. The molecule has 2 amide bonds. The molecule has 0 radical (unpaired) electrons. The fraction of sp³-hybridized carbons (Fsp3) is 0.615. The number of carbonyl (C=O) groups is 2. The molecule has 3 rings (SSSR count). The zero-order valence-electron chi connectivity index (χ0n) is 11.5. The standard InChI is InChI=1S/C13H17N3O3S/c1-7-10(11(17)18)20-12(14-7)16-6-5-15(13(16)19)8(2)9-3-4-9/h8-9H,3-6H2,1-2H3,(H,17,18). The fourth-order valence-electron chi connectivity index (χ4n) is 2.64. The van der Waals surface area contributed by atoms with Crippen molar-refractivity contribution >= 4 is 28.5 Å². The van der Waals surface area contributed by atoms with Gasteiger partial charge in [0.1, 0.15) is 4.88 Å². The molecule has 6 nitrogen and oxygen atoms in total. The predicted molar refractivity (Wildman–Crippen MR) is 75.4 cm³/mol. The average molecular weight is 295 g/mol. The zero-order chi connectivity index (χ0) is 14.4. The zero-order valence-corrected chi connectivity index (χ0v) is 12.3. The molecule has 108 valence electrons. The summed E-state index contributed by atoms with van der Waals surface area (Å²) < 4.78 is 0.